The van der Waals surface area contributed by atoms with Crippen LogP contribution in [-0.4, -0.2) is 34.7 Å². The number of amides is 1. The van der Waals surface area contributed by atoms with E-state index in [9.17, 15) is 14.4 Å². The van der Waals surface area contributed by atoms with Crippen molar-refractivity contribution in [1.29, 1.82) is 0 Å². The number of benzene rings is 2. The van der Waals surface area contributed by atoms with Crippen molar-refractivity contribution in [1.82, 2.24) is 9.97 Å². The Morgan fingerprint density at radius 3 is 2.31 bits per heavy atom. The molecular weight excluding hydrogens is 372 g/mol. The molecule has 0 atom stereocenters. The number of hydrogen-bond donors (Lipinski definition) is 2. The standard InChI is InChI=1S/C21H18N4O4/c1-13(26)14-5-3-7-16(9-14)24-19-11-18(22-12-23-19)20(27)25-17-8-4-6-15(10-17)21(28)29-2/h3-12H,1-2H3,(H,25,27)(H,22,23,24). The van der Waals surface area contributed by atoms with E-state index in [1.165, 1.54) is 32.5 Å². The minimum Gasteiger partial charge on any atom is -0.465 e. The number of hydrogen-bond acceptors (Lipinski definition) is 7. The second-order valence-electron chi connectivity index (χ2n) is 6.08. The normalized spacial score (nSPS) is 10.1. The first-order chi connectivity index (χ1) is 14.0. The van der Waals surface area contributed by atoms with Crippen LogP contribution in [0, 0.1) is 0 Å². The summed E-state index contributed by atoms with van der Waals surface area (Å²) in [5.74, 6) is -0.614. The zero-order chi connectivity index (χ0) is 20.8. The van der Waals surface area contributed by atoms with Gasteiger partial charge in [0.05, 0.1) is 12.7 Å². The van der Waals surface area contributed by atoms with E-state index in [0.717, 1.165) is 0 Å². The van der Waals surface area contributed by atoms with Gasteiger partial charge in [-0.1, -0.05) is 18.2 Å². The summed E-state index contributed by atoms with van der Waals surface area (Å²) < 4.78 is 4.67. The van der Waals surface area contributed by atoms with Gasteiger partial charge in [-0.2, -0.15) is 0 Å². The van der Waals surface area contributed by atoms with E-state index >= 15 is 0 Å². The highest BCUT2D eigenvalue weighted by Crippen LogP contribution is 2.18. The van der Waals surface area contributed by atoms with Gasteiger partial charge in [0, 0.05) is 23.0 Å². The molecule has 0 saturated carbocycles. The van der Waals surface area contributed by atoms with Gasteiger partial charge in [-0.05, 0) is 37.3 Å². The summed E-state index contributed by atoms with van der Waals surface area (Å²) in [7, 11) is 1.29. The molecule has 0 unspecified atom stereocenters. The maximum Gasteiger partial charge on any atom is 0.337 e. The molecule has 1 heterocycles. The lowest BCUT2D eigenvalue weighted by atomic mass is 10.1. The summed E-state index contributed by atoms with van der Waals surface area (Å²) >= 11 is 0. The van der Waals surface area contributed by atoms with E-state index in [1.807, 2.05) is 0 Å². The quantitative estimate of drug-likeness (QED) is 0.490. The Morgan fingerprint density at radius 1 is 0.897 bits per heavy atom. The van der Waals surface area contributed by atoms with Crippen LogP contribution in [0.3, 0.4) is 0 Å². The highest BCUT2D eigenvalue weighted by atomic mass is 16.5. The number of esters is 1. The van der Waals surface area contributed by atoms with Crippen molar-refractivity contribution in [3.8, 4) is 0 Å². The third-order valence-corrected chi connectivity index (χ3v) is 3.98. The predicted octanol–water partition coefficient (Wildman–Crippen LogP) is 3.46. The summed E-state index contributed by atoms with van der Waals surface area (Å²) in [5.41, 5.74) is 2.11. The average molecular weight is 390 g/mol. The summed E-state index contributed by atoms with van der Waals surface area (Å²) in [4.78, 5) is 43.7. The number of Topliss-reactive ketones (excluding diaryl/α,β-unsaturated/α-hetero) is 1. The molecule has 0 aliphatic rings. The fourth-order valence-corrected chi connectivity index (χ4v) is 2.55. The number of carbonyl (C=O) groups excluding carboxylic acids is 3. The smallest absolute Gasteiger partial charge is 0.337 e. The molecule has 8 heteroatoms. The van der Waals surface area contributed by atoms with E-state index in [1.54, 1.807) is 42.5 Å². The molecule has 1 aromatic heterocycles. The lowest BCUT2D eigenvalue weighted by molar-refractivity contribution is 0.0600. The largest absolute Gasteiger partial charge is 0.465 e. The maximum absolute atomic E-state index is 12.5. The molecule has 146 valence electrons. The molecule has 0 radical (unpaired) electrons. The molecule has 29 heavy (non-hydrogen) atoms. The van der Waals surface area contributed by atoms with E-state index in [2.05, 4.69) is 25.3 Å². The highest BCUT2D eigenvalue weighted by molar-refractivity contribution is 6.04. The van der Waals surface area contributed by atoms with Crippen molar-refractivity contribution < 1.29 is 19.1 Å². The summed E-state index contributed by atoms with van der Waals surface area (Å²) in [6.45, 7) is 1.49. The molecule has 0 spiro atoms. The number of ether oxygens (including phenoxy) is 1. The molecule has 1 amide bonds. The van der Waals surface area contributed by atoms with Crippen molar-refractivity contribution in [3.05, 3.63) is 77.7 Å². The SMILES string of the molecule is COC(=O)c1cccc(NC(=O)c2cc(Nc3cccc(C(C)=O)c3)ncn2)c1. The Balaban J connectivity index is 1.75. The third-order valence-electron chi connectivity index (χ3n) is 3.98. The minimum atomic E-state index is -0.498. The molecule has 0 fully saturated rings. The topological polar surface area (TPSA) is 110 Å². The van der Waals surface area contributed by atoms with Crippen molar-refractivity contribution >= 4 is 34.9 Å². The molecule has 8 nitrogen and oxygen atoms in total. The van der Waals surface area contributed by atoms with Gasteiger partial charge in [0.2, 0.25) is 0 Å². The van der Waals surface area contributed by atoms with Gasteiger partial charge in [0.25, 0.3) is 5.91 Å². The van der Waals surface area contributed by atoms with Crippen molar-refractivity contribution in [2.45, 2.75) is 6.92 Å². The summed E-state index contributed by atoms with van der Waals surface area (Å²) in [6.07, 6.45) is 1.26. The first kappa shape index (κ1) is 19.7. The molecule has 0 aliphatic heterocycles. The Morgan fingerprint density at radius 2 is 1.59 bits per heavy atom. The van der Waals surface area contributed by atoms with Crippen LogP contribution in [-0.2, 0) is 4.74 Å². The van der Waals surface area contributed by atoms with Gasteiger partial charge >= 0.3 is 5.97 Å². The molecule has 3 rings (SSSR count). The second kappa shape index (κ2) is 8.75. The van der Waals surface area contributed by atoms with Crippen LogP contribution in [0.5, 0.6) is 0 Å². The van der Waals surface area contributed by atoms with E-state index < -0.39 is 11.9 Å². The first-order valence-electron chi connectivity index (χ1n) is 8.66. The lowest BCUT2D eigenvalue weighted by Gasteiger charge is -2.09. The number of rotatable bonds is 6. The van der Waals surface area contributed by atoms with Crippen LogP contribution in [0.25, 0.3) is 0 Å². The van der Waals surface area contributed by atoms with Crippen molar-refractivity contribution in [2.75, 3.05) is 17.7 Å². The number of anilines is 3. The molecule has 0 aliphatic carbocycles. The average Bonchev–Trinajstić information content (AvgIpc) is 2.73. The van der Waals surface area contributed by atoms with Gasteiger partial charge in [-0.3, -0.25) is 9.59 Å². The lowest BCUT2D eigenvalue weighted by Crippen LogP contribution is -2.15. The van der Waals surface area contributed by atoms with Gasteiger partial charge in [0.15, 0.2) is 5.78 Å². The molecular formula is C21H18N4O4. The van der Waals surface area contributed by atoms with Crippen LogP contribution in [0.2, 0.25) is 0 Å². The Kier molecular flexibility index (Phi) is 5.94. The van der Waals surface area contributed by atoms with Crippen LogP contribution >= 0.6 is 0 Å². The minimum absolute atomic E-state index is 0.0504. The highest BCUT2D eigenvalue weighted by Gasteiger charge is 2.12. The first-order valence-corrected chi connectivity index (χ1v) is 8.66. The Hall–Kier alpha value is -4.07. The van der Waals surface area contributed by atoms with Crippen LogP contribution in [0.1, 0.15) is 38.1 Å². The number of aromatic nitrogens is 2. The van der Waals surface area contributed by atoms with Crippen LogP contribution < -0.4 is 10.6 Å². The fourth-order valence-electron chi connectivity index (χ4n) is 2.55. The monoisotopic (exact) mass is 390 g/mol. The van der Waals surface area contributed by atoms with Crippen molar-refractivity contribution in [2.24, 2.45) is 0 Å². The number of nitrogens with zero attached hydrogens (tertiary/aromatic N) is 2. The molecule has 0 bridgehead atoms. The van der Waals surface area contributed by atoms with Crippen LogP contribution in [0.4, 0.5) is 17.2 Å². The Labute approximate surface area is 167 Å². The fraction of sp³-hybridized carbons (Fsp3) is 0.0952. The molecule has 2 N–H and O–H groups in total. The molecule has 2 aromatic carbocycles. The maximum atomic E-state index is 12.5. The van der Waals surface area contributed by atoms with Crippen LogP contribution in [0.15, 0.2) is 60.9 Å². The summed E-state index contributed by atoms with van der Waals surface area (Å²) in [6, 6.07) is 14.8. The number of methoxy groups -OCH3 is 1. The number of nitrogens with one attached hydrogen (secondary N) is 2. The zero-order valence-corrected chi connectivity index (χ0v) is 15.8. The Bertz CT molecular complexity index is 1080. The van der Waals surface area contributed by atoms with Gasteiger partial charge < -0.3 is 15.4 Å². The summed E-state index contributed by atoms with van der Waals surface area (Å²) in [5, 5.41) is 5.73. The number of ketones is 1. The van der Waals surface area contributed by atoms with E-state index in [-0.39, 0.29) is 11.5 Å². The van der Waals surface area contributed by atoms with Gasteiger partial charge in [0.1, 0.15) is 17.8 Å². The molecule has 0 saturated heterocycles. The van der Waals surface area contributed by atoms with Gasteiger partial charge in [-0.15, -0.1) is 0 Å². The number of carbonyl (C=O) groups is 3. The van der Waals surface area contributed by atoms with Gasteiger partial charge in [-0.25, -0.2) is 14.8 Å². The van der Waals surface area contributed by atoms with E-state index in [0.29, 0.717) is 28.3 Å². The predicted molar refractivity (Wildman–Crippen MR) is 107 cm³/mol. The van der Waals surface area contributed by atoms with E-state index in [4.69, 9.17) is 0 Å². The second-order valence-corrected chi connectivity index (χ2v) is 6.08. The third kappa shape index (κ3) is 5.01. The van der Waals surface area contributed by atoms with Crippen molar-refractivity contribution in [3.63, 3.8) is 0 Å². The zero-order valence-electron chi connectivity index (χ0n) is 15.8. The molecule has 3 aromatic rings.